The number of carbonyl (C=O) groups is 1. The maximum atomic E-state index is 12.5. The Bertz CT molecular complexity index is 1540. The van der Waals surface area contributed by atoms with Crippen molar-refractivity contribution >= 4 is 23.3 Å². The number of pyridine rings is 1. The number of nitrogens with zero attached hydrogens (tertiary/aromatic N) is 5. The average molecular weight is 530 g/mol. The van der Waals surface area contributed by atoms with Gasteiger partial charge in [0.25, 0.3) is 0 Å². The van der Waals surface area contributed by atoms with Crippen molar-refractivity contribution in [3.05, 3.63) is 82.1 Å². The number of aryl methyl sites for hydroxylation is 2. The van der Waals surface area contributed by atoms with Crippen LogP contribution in [-0.2, 0) is 17.9 Å². The van der Waals surface area contributed by atoms with Gasteiger partial charge in [-0.2, -0.15) is 4.98 Å². The fourth-order valence-corrected chi connectivity index (χ4v) is 4.47. The number of hydrogen-bond donors (Lipinski definition) is 3. The second-order valence-corrected chi connectivity index (χ2v) is 9.59. The second kappa shape index (κ2) is 11.0. The summed E-state index contributed by atoms with van der Waals surface area (Å²) >= 11 is 0. The summed E-state index contributed by atoms with van der Waals surface area (Å²) in [6.07, 6.45) is 6.54. The normalized spacial score (nSPS) is 13.5. The maximum absolute atomic E-state index is 12.5. The zero-order chi connectivity index (χ0) is 27.5. The summed E-state index contributed by atoms with van der Waals surface area (Å²) in [5.41, 5.74) is 12.2. The van der Waals surface area contributed by atoms with Gasteiger partial charge in [-0.3, -0.25) is 0 Å². The van der Waals surface area contributed by atoms with Gasteiger partial charge in [0.1, 0.15) is 18.1 Å². The highest BCUT2D eigenvalue weighted by molar-refractivity contribution is 5.97. The van der Waals surface area contributed by atoms with Crippen molar-refractivity contribution in [2.24, 2.45) is 10.9 Å². The zero-order valence-electron chi connectivity index (χ0n) is 22.1. The Balaban J connectivity index is 1.34. The summed E-state index contributed by atoms with van der Waals surface area (Å²) in [7, 11) is 0. The highest BCUT2D eigenvalue weighted by Crippen LogP contribution is 2.39. The van der Waals surface area contributed by atoms with E-state index in [1.165, 1.54) is 18.4 Å². The van der Waals surface area contributed by atoms with Gasteiger partial charge in [0.05, 0.1) is 12.3 Å². The van der Waals surface area contributed by atoms with Gasteiger partial charge in [-0.25, -0.2) is 14.8 Å². The molecule has 0 atom stereocenters. The first-order valence-electron chi connectivity index (χ1n) is 12.8. The van der Waals surface area contributed by atoms with Crippen LogP contribution in [0.1, 0.15) is 69.8 Å². The average Bonchev–Trinajstić information content (AvgIpc) is 3.70. The van der Waals surface area contributed by atoms with Gasteiger partial charge >= 0.3 is 5.97 Å². The van der Waals surface area contributed by atoms with Crippen LogP contribution in [0.15, 0.2) is 47.9 Å². The van der Waals surface area contributed by atoms with E-state index in [1.54, 1.807) is 13.0 Å². The van der Waals surface area contributed by atoms with Crippen LogP contribution in [0.25, 0.3) is 5.65 Å². The third kappa shape index (κ3) is 5.92. The summed E-state index contributed by atoms with van der Waals surface area (Å²) in [6, 6.07) is 9.48. The molecule has 0 saturated heterocycles. The summed E-state index contributed by atoms with van der Waals surface area (Å²) in [6.45, 7) is 6.40. The molecule has 1 aliphatic rings. The largest absolute Gasteiger partial charge is 0.471 e. The molecule has 0 radical (unpaired) electrons. The number of ether oxygens (including phenoxy) is 2. The van der Waals surface area contributed by atoms with Gasteiger partial charge in [0.15, 0.2) is 5.84 Å². The van der Waals surface area contributed by atoms with Crippen LogP contribution in [0.4, 0.5) is 5.82 Å². The zero-order valence-corrected chi connectivity index (χ0v) is 22.1. The molecular weight excluding hydrogens is 498 g/mol. The predicted octanol–water partition coefficient (Wildman–Crippen LogP) is 4.08. The van der Waals surface area contributed by atoms with Crippen molar-refractivity contribution < 1.29 is 19.5 Å². The molecule has 0 unspecified atom stereocenters. The fraction of sp³-hybridized carbons (Fsp3) is 0.321. The van der Waals surface area contributed by atoms with E-state index >= 15 is 0 Å². The SMILES string of the molecule is CCOC(=O)c1nc(NCc2c(C)cc(/C(N)=N/O)cc2C)cc(OCc2cn3cc(C4CC4)ccc3n2)n1. The standard InChI is InChI=1S/C28H31N7O4/c1-4-38-28(36)27-32-23(30-12-22-16(2)9-20(10-17(22)3)26(29)34-37)11-25(33-27)39-15-21-14-35-13-19(18-5-6-18)7-8-24(35)31-21/h7-11,13-14,18,37H,4-6,12,15H2,1-3H3,(H2,29,34)(H,30,32,33). The quantitative estimate of drug-likeness (QED) is 0.0908. The van der Waals surface area contributed by atoms with Crippen LogP contribution in [0.5, 0.6) is 5.88 Å². The van der Waals surface area contributed by atoms with Crippen molar-refractivity contribution in [3.8, 4) is 5.88 Å². The highest BCUT2D eigenvalue weighted by Gasteiger charge is 2.24. The summed E-state index contributed by atoms with van der Waals surface area (Å²) in [5, 5.41) is 15.3. The Hall–Kier alpha value is -4.67. The van der Waals surface area contributed by atoms with E-state index in [4.69, 9.17) is 20.4 Å². The molecule has 0 amide bonds. The molecule has 0 bridgehead atoms. The number of oxime groups is 1. The van der Waals surface area contributed by atoms with Gasteiger partial charge in [-0.15, -0.1) is 0 Å². The molecule has 4 aromatic rings. The molecule has 1 aliphatic carbocycles. The highest BCUT2D eigenvalue weighted by atomic mass is 16.5. The Kier molecular flexibility index (Phi) is 7.31. The molecule has 5 rings (SSSR count). The van der Waals surface area contributed by atoms with Crippen LogP contribution in [0.2, 0.25) is 0 Å². The van der Waals surface area contributed by atoms with Crippen molar-refractivity contribution in [2.45, 2.75) is 52.7 Å². The molecule has 11 heteroatoms. The molecular formula is C28H31N7O4. The number of benzene rings is 1. The minimum Gasteiger partial charge on any atom is -0.471 e. The van der Waals surface area contributed by atoms with Gasteiger partial charge in [-0.1, -0.05) is 11.2 Å². The van der Waals surface area contributed by atoms with Crippen LogP contribution in [0.3, 0.4) is 0 Å². The monoisotopic (exact) mass is 529 g/mol. The van der Waals surface area contributed by atoms with Crippen LogP contribution < -0.4 is 15.8 Å². The molecule has 11 nitrogen and oxygen atoms in total. The molecule has 0 aliphatic heterocycles. The number of fused-ring (bicyclic) bond motifs is 1. The minimum atomic E-state index is -0.637. The smallest absolute Gasteiger partial charge is 0.376 e. The van der Waals surface area contributed by atoms with Crippen molar-refractivity contribution in [3.63, 3.8) is 0 Å². The van der Waals surface area contributed by atoms with Gasteiger partial charge in [0, 0.05) is 30.6 Å². The molecule has 39 heavy (non-hydrogen) atoms. The third-order valence-electron chi connectivity index (χ3n) is 6.65. The molecule has 0 spiro atoms. The number of nitrogens with one attached hydrogen (secondary N) is 1. The van der Waals surface area contributed by atoms with Gasteiger partial charge < -0.3 is 30.1 Å². The molecule has 1 aromatic carbocycles. The second-order valence-electron chi connectivity index (χ2n) is 9.59. The maximum Gasteiger partial charge on any atom is 0.376 e. The van der Waals surface area contributed by atoms with E-state index in [2.05, 4.69) is 37.7 Å². The minimum absolute atomic E-state index is 0.0475. The van der Waals surface area contributed by atoms with E-state index in [0.717, 1.165) is 28.0 Å². The lowest BCUT2D eigenvalue weighted by molar-refractivity contribution is 0.0510. The Morgan fingerprint density at radius 2 is 1.92 bits per heavy atom. The molecule has 3 heterocycles. The van der Waals surface area contributed by atoms with E-state index in [-0.39, 0.29) is 30.8 Å². The van der Waals surface area contributed by atoms with Gasteiger partial charge in [-0.05, 0) is 80.0 Å². The number of anilines is 1. The summed E-state index contributed by atoms with van der Waals surface area (Å²) in [4.78, 5) is 25.7. The van der Waals surface area contributed by atoms with E-state index in [9.17, 15) is 4.79 Å². The number of amidine groups is 1. The topological polar surface area (TPSA) is 149 Å². The summed E-state index contributed by atoms with van der Waals surface area (Å²) < 4.78 is 13.1. The Morgan fingerprint density at radius 3 is 2.62 bits per heavy atom. The van der Waals surface area contributed by atoms with Crippen molar-refractivity contribution in [2.75, 3.05) is 11.9 Å². The lowest BCUT2D eigenvalue weighted by Crippen LogP contribution is -2.15. The molecule has 1 saturated carbocycles. The Labute approximate surface area is 225 Å². The van der Waals surface area contributed by atoms with E-state index in [1.807, 2.05) is 42.6 Å². The first-order valence-corrected chi connectivity index (χ1v) is 12.8. The van der Waals surface area contributed by atoms with Crippen molar-refractivity contribution in [1.82, 2.24) is 19.4 Å². The fourth-order valence-electron chi connectivity index (χ4n) is 4.47. The van der Waals surface area contributed by atoms with E-state index < -0.39 is 5.97 Å². The number of aromatic nitrogens is 4. The Morgan fingerprint density at radius 1 is 1.15 bits per heavy atom. The molecule has 1 fully saturated rings. The third-order valence-corrected chi connectivity index (χ3v) is 6.65. The van der Waals surface area contributed by atoms with Crippen molar-refractivity contribution in [1.29, 1.82) is 0 Å². The van der Waals surface area contributed by atoms with Crippen LogP contribution >= 0.6 is 0 Å². The number of carbonyl (C=O) groups excluding carboxylic acids is 1. The number of nitrogens with two attached hydrogens (primary N) is 1. The number of hydrogen-bond acceptors (Lipinski definition) is 9. The number of esters is 1. The van der Waals surface area contributed by atoms with Crippen LogP contribution in [-0.4, -0.2) is 43.0 Å². The van der Waals surface area contributed by atoms with Gasteiger partial charge in [0.2, 0.25) is 11.7 Å². The number of rotatable bonds is 10. The lowest BCUT2D eigenvalue weighted by atomic mass is 9.99. The lowest BCUT2D eigenvalue weighted by Gasteiger charge is -2.14. The molecule has 202 valence electrons. The number of imidazole rings is 1. The molecule has 3 aromatic heterocycles. The molecule has 4 N–H and O–H groups in total. The first-order chi connectivity index (χ1) is 18.8. The first kappa shape index (κ1) is 26.0. The predicted molar refractivity (Wildman–Crippen MR) is 145 cm³/mol. The van der Waals surface area contributed by atoms with E-state index in [0.29, 0.717) is 23.8 Å². The summed E-state index contributed by atoms with van der Waals surface area (Å²) in [5.74, 6) is 0.598. The van der Waals surface area contributed by atoms with Crippen LogP contribution in [0, 0.1) is 13.8 Å².